The third kappa shape index (κ3) is 5.26. The molecule has 4 rings (SSSR count). The summed E-state index contributed by atoms with van der Waals surface area (Å²) in [6.45, 7) is 0.911. The molecule has 0 unspecified atom stereocenters. The van der Waals surface area contributed by atoms with Gasteiger partial charge in [0, 0.05) is 5.56 Å². The van der Waals surface area contributed by atoms with Gasteiger partial charge in [-0.05, 0) is 60.2 Å². The van der Waals surface area contributed by atoms with Crippen LogP contribution in [0.15, 0.2) is 65.8 Å². The lowest BCUT2D eigenvalue weighted by Gasteiger charge is -2.18. The van der Waals surface area contributed by atoms with Gasteiger partial charge in [-0.2, -0.15) is 5.10 Å². The molecule has 1 N–H and O–H groups in total. The average Bonchev–Trinajstić information content (AvgIpc) is 2.89. The molecule has 0 radical (unpaired) electrons. The zero-order valence-electron chi connectivity index (χ0n) is 18.6. The van der Waals surface area contributed by atoms with Crippen molar-refractivity contribution in [3.05, 3.63) is 77.4 Å². The number of benzene rings is 3. The van der Waals surface area contributed by atoms with Gasteiger partial charge in [-0.1, -0.05) is 6.07 Å². The molecule has 174 valence electrons. The summed E-state index contributed by atoms with van der Waals surface area (Å²) in [5.74, 6) is 1.30. The molecule has 0 spiro atoms. The van der Waals surface area contributed by atoms with Crippen LogP contribution in [0.1, 0.15) is 26.3 Å². The van der Waals surface area contributed by atoms with Gasteiger partial charge in [0.25, 0.3) is 5.91 Å². The number of methoxy groups -OCH3 is 2. The van der Waals surface area contributed by atoms with Crippen molar-refractivity contribution in [2.75, 3.05) is 27.4 Å². The molecule has 0 saturated heterocycles. The molecule has 3 aromatic rings. The number of hydrogen-bond donors (Lipinski definition) is 1. The van der Waals surface area contributed by atoms with E-state index < -0.39 is 11.9 Å². The minimum atomic E-state index is -0.551. The first kappa shape index (κ1) is 22.7. The second-order valence-electron chi connectivity index (χ2n) is 7.09. The van der Waals surface area contributed by atoms with Crippen molar-refractivity contribution >= 4 is 18.1 Å². The Morgan fingerprint density at radius 3 is 2.50 bits per heavy atom. The Balaban J connectivity index is 1.41. The van der Waals surface area contributed by atoms with E-state index in [4.69, 9.17) is 23.7 Å². The highest BCUT2D eigenvalue weighted by Gasteiger charge is 2.15. The van der Waals surface area contributed by atoms with Crippen LogP contribution in [0.4, 0.5) is 0 Å². The van der Waals surface area contributed by atoms with Crippen molar-refractivity contribution < 1.29 is 33.3 Å². The van der Waals surface area contributed by atoms with Crippen LogP contribution in [0, 0.1) is 0 Å². The number of rotatable bonds is 7. The van der Waals surface area contributed by atoms with Crippen molar-refractivity contribution in [2.24, 2.45) is 5.10 Å². The molecular formula is C25H22N2O7. The number of hydrazone groups is 1. The maximum atomic E-state index is 12.5. The van der Waals surface area contributed by atoms with Crippen LogP contribution in [-0.4, -0.2) is 45.5 Å². The second kappa shape index (κ2) is 10.4. The fourth-order valence-corrected chi connectivity index (χ4v) is 3.17. The van der Waals surface area contributed by atoms with Gasteiger partial charge >= 0.3 is 5.97 Å². The standard InChI is InChI=1S/C25H22N2O7/c1-30-19-5-3-4-18(13-19)25(29)34-21-8-6-16(12-22(21)31-2)15-26-27-24(28)17-7-9-20-23(14-17)33-11-10-32-20/h3-9,12-15H,10-11H2,1-2H3,(H,27,28)/b26-15-. The Labute approximate surface area is 195 Å². The van der Waals surface area contributed by atoms with E-state index >= 15 is 0 Å². The Kier molecular flexibility index (Phi) is 6.92. The summed E-state index contributed by atoms with van der Waals surface area (Å²) < 4.78 is 26.9. The van der Waals surface area contributed by atoms with Crippen LogP contribution in [0.2, 0.25) is 0 Å². The number of fused-ring (bicyclic) bond motifs is 1. The third-order valence-corrected chi connectivity index (χ3v) is 4.88. The quantitative estimate of drug-likeness (QED) is 0.248. The highest BCUT2D eigenvalue weighted by molar-refractivity contribution is 5.95. The fraction of sp³-hybridized carbons (Fsp3) is 0.160. The minimum absolute atomic E-state index is 0.243. The molecule has 34 heavy (non-hydrogen) atoms. The Bertz CT molecular complexity index is 1240. The van der Waals surface area contributed by atoms with E-state index in [1.165, 1.54) is 20.4 Å². The summed E-state index contributed by atoms with van der Waals surface area (Å²) in [5.41, 5.74) is 3.82. The Hall–Kier alpha value is -4.53. The normalized spacial score (nSPS) is 12.2. The van der Waals surface area contributed by atoms with E-state index in [0.29, 0.717) is 52.9 Å². The van der Waals surface area contributed by atoms with Crippen LogP contribution in [-0.2, 0) is 0 Å². The topological polar surface area (TPSA) is 105 Å². The second-order valence-corrected chi connectivity index (χ2v) is 7.09. The Morgan fingerprint density at radius 2 is 1.71 bits per heavy atom. The number of carbonyl (C=O) groups is 2. The molecule has 9 heteroatoms. The predicted molar refractivity (Wildman–Crippen MR) is 123 cm³/mol. The molecule has 0 fully saturated rings. The monoisotopic (exact) mass is 462 g/mol. The molecule has 0 saturated carbocycles. The number of nitrogens with zero attached hydrogens (tertiary/aromatic N) is 1. The van der Waals surface area contributed by atoms with Crippen LogP contribution in [0.3, 0.4) is 0 Å². The minimum Gasteiger partial charge on any atom is -0.497 e. The van der Waals surface area contributed by atoms with Crippen molar-refractivity contribution in [3.8, 4) is 28.7 Å². The van der Waals surface area contributed by atoms with E-state index in [1.54, 1.807) is 60.7 Å². The zero-order chi connectivity index (χ0) is 23.9. The summed E-state index contributed by atoms with van der Waals surface area (Å²) in [7, 11) is 2.98. The lowest BCUT2D eigenvalue weighted by molar-refractivity contribution is 0.0729. The van der Waals surface area contributed by atoms with Gasteiger partial charge in [0.15, 0.2) is 23.0 Å². The van der Waals surface area contributed by atoms with Crippen molar-refractivity contribution in [1.29, 1.82) is 0 Å². The lowest BCUT2D eigenvalue weighted by atomic mass is 10.2. The SMILES string of the molecule is COc1cccc(C(=O)Oc2ccc(/C=N\NC(=O)c3ccc4c(c3)OCCO4)cc2OC)c1. The highest BCUT2D eigenvalue weighted by Crippen LogP contribution is 2.31. The first-order chi connectivity index (χ1) is 16.6. The molecular weight excluding hydrogens is 440 g/mol. The lowest BCUT2D eigenvalue weighted by Crippen LogP contribution is -2.19. The van der Waals surface area contributed by atoms with Crippen LogP contribution in [0.25, 0.3) is 0 Å². The van der Waals surface area contributed by atoms with Crippen LogP contribution >= 0.6 is 0 Å². The summed E-state index contributed by atoms with van der Waals surface area (Å²) in [6.07, 6.45) is 1.45. The number of hydrogen-bond acceptors (Lipinski definition) is 8. The van der Waals surface area contributed by atoms with Gasteiger partial charge in [0.05, 0.1) is 26.0 Å². The highest BCUT2D eigenvalue weighted by atomic mass is 16.6. The van der Waals surface area contributed by atoms with Gasteiger partial charge < -0.3 is 23.7 Å². The number of amides is 1. The number of esters is 1. The van der Waals surface area contributed by atoms with E-state index in [-0.39, 0.29) is 5.75 Å². The van der Waals surface area contributed by atoms with E-state index in [2.05, 4.69) is 10.5 Å². The van der Waals surface area contributed by atoms with E-state index in [9.17, 15) is 9.59 Å². The van der Waals surface area contributed by atoms with Crippen LogP contribution in [0.5, 0.6) is 28.7 Å². The zero-order valence-corrected chi connectivity index (χ0v) is 18.6. The van der Waals surface area contributed by atoms with Gasteiger partial charge in [-0.3, -0.25) is 4.79 Å². The molecule has 1 amide bonds. The molecule has 0 atom stereocenters. The molecule has 1 aliphatic rings. The Morgan fingerprint density at radius 1 is 0.882 bits per heavy atom. The van der Waals surface area contributed by atoms with Gasteiger partial charge in [-0.25, -0.2) is 10.2 Å². The van der Waals surface area contributed by atoms with Gasteiger partial charge in [0.1, 0.15) is 19.0 Å². The maximum absolute atomic E-state index is 12.5. The summed E-state index contributed by atoms with van der Waals surface area (Å²) in [6, 6.07) is 16.5. The van der Waals surface area contributed by atoms with Crippen molar-refractivity contribution in [2.45, 2.75) is 0 Å². The van der Waals surface area contributed by atoms with Gasteiger partial charge in [0.2, 0.25) is 0 Å². The summed E-state index contributed by atoms with van der Waals surface area (Å²) >= 11 is 0. The predicted octanol–water partition coefficient (Wildman–Crippen LogP) is 3.46. The molecule has 1 heterocycles. The summed E-state index contributed by atoms with van der Waals surface area (Å²) in [5, 5.41) is 3.99. The molecule has 0 bridgehead atoms. The van der Waals surface area contributed by atoms with E-state index in [1.807, 2.05) is 0 Å². The summed E-state index contributed by atoms with van der Waals surface area (Å²) in [4.78, 5) is 24.9. The van der Waals surface area contributed by atoms with Gasteiger partial charge in [-0.15, -0.1) is 0 Å². The largest absolute Gasteiger partial charge is 0.497 e. The van der Waals surface area contributed by atoms with Crippen molar-refractivity contribution in [3.63, 3.8) is 0 Å². The smallest absolute Gasteiger partial charge is 0.343 e. The van der Waals surface area contributed by atoms with E-state index in [0.717, 1.165) is 0 Å². The molecule has 3 aromatic carbocycles. The maximum Gasteiger partial charge on any atom is 0.343 e. The number of nitrogens with one attached hydrogen (secondary N) is 1. The van der Waals surface area contributed by atoms with Crippen molar-refractivity contribution in [1.82, 2.24) is 5.43 Å². The first-order valence-corrected chi connectivity index (χ1v) is 10.3. The fourth-order valence-electron chi connectivity index (χ4n) is 3.17. The molecule has 1 aliphatic heterocycles. The molecule has 9 nitrogen and oxygen atoms in total. The molecule has 0 aliphatic carbocycles. The number of carbonyl (C=O) groups excluding carboxylic acids is 2. The molecule has 0 aromatic heterocycles. The van der Waals surface area contributed by atoms with Crippen LogP contribution < -0.4 is 29.1 Å². The first-order valence-electron chi connectivity index (χ1n) is 10.3. The third-order valence-electron chi connectivity index (χ3n) is 4.88. The number of ether oxygens (including phenoxy) is 5. The average molecular weight is 462 g/mol.